The molecule has 6 nitrogen and oxygen atoms in total. The van der Waals surface area contributed by atoms with E-state index in [1.165, 1.54) is 23.9 Å². The van der Waals surface area contributed by atoms with Crippen molar-refractivity contribution in [2.24, 2.45) is 11.7 Å². The van der Waals surface area contributed by atoms with Gasteiger partial charge in [-0.1, -0.05) is 23.9 Å². The number of hydrogen-bond acceptors (Lipinski definition) is 5. The van der Waals surface area contributed by atoms with Crippen LogP contribution in [0.15, 0.2) is 52.3 Å². The minimum absolute atomic E-state index is 0.190. The standard InChI is InChI=1S/C23H27F3N4O2S/c24-23(25,26)16-5-6-21-19(11-16)30(18-3-1-2-4-20(18)33-21)14-17(31)13-29-9-7-15(8-10-29)12-28-22(27)32/h1-6,11,15,17,31H,7-10,12-14H2,(H3,27,28,32). The number of benzene rings is 2. The van der Waals surface area contributed by atoms with E-state index < -0.39 is 23.9 Å². The number of para-hydroxylation sites is 1. The molecule has 4 N–H and O–H groups in total. The average molecular weight is 481 g/mol. The fraction of sp³-hybridized carbons (Fsp3) is 0.435. The van der Waals surface area contributed by atoms with Crippen molar-refractivity contribution in [2.75, 3.05) is 37.6 Å². The summed E-state index contributed by atoms with van der Waals surface area (Å²) >= 11 is 1.44. The van der Waals surface area contributed by atoms with Gasteiger partial charge in [-0.15, -0.1) is 0 Å². The lowest BCUT2D eigenvalue weighted by molar-refractivity contribution is -0.137. The summed E-state index contributed by atoms with van der Waals surface area (Å²) in [5, 5.41) is 13.5. The van der Waals surface area contributed by atoms with Crippen molar-refractivity contribution in [1.82, 2.24) is 10.2 Å². The molecule has 2 heterocycles. The molecule has 1 unspecified atom stereocenters. The number of aliphatic hydroxyl groups is 1. The summed E-state index contributed by atoms with van der Waals surface area (Å²) in [6.45, 7) is 2.73. The minimum atomic E-state index is -4.44. The number of anilines is 2. The molecule has 0 bridgehead atoms. The summed E-state index contributed by atoms with van der Waals surface area (Å²) < 4.78 is 40.1. The van der Waals surface area contributed by atoms with Crippen LogP contribution >= 0.6 is 11.8 Å². The molecule has 1 fully saturated rings. The Balaban J connectivity index is 1.46. The van der Waals surface area contributed by atoms with Gasteiger partial charge in [-0.2, -0.15) is 13.2 Å². The van der Waals surface area contributed by atoms with E-state index in [4.69, 9.17) is 5.73 Å². The molecule has 2 aliphatic rings. The third-order valence-corrected chi connectivity index (χ3v) is 7.22. The zero-order valence-corrected chi connectivity index (χ0v) is 18.8. The van der Waals surface area contributed by atoms with E-state index in [-0.39, 0.29) is 6.54 Å². The molecule has 2 aromatic rings. The maximum atomic E-state index is 13.4. The predicted octanol–water partition coefficient (Wildman–Crippen LogP) is 4.05. The number of piperidine rings is 1. The van der Waals surface area contributed by atoms with Gasteiger partial charge in [-0.05, 0) is 62.2 Å². The van der Waals surface area contributed by atoms with Crippen molar-refractivity contribution in [2.45, 2.75) is 34.9 Å². The second-order valence-electron chi connectivity index (χ2n) is 8.50. The number of fused-ring (bicyclic) bond motifs is 2. The Bertz CT molecular complexity index is 996. The lowest BCUT2D eigenvalue weighted by Gasteiger charge is -2.37. The highest BCUT2D eigenvalue weighted by molar-refractivity contribution is 7.99. The SMILES string of the molecule is NC(=O)NCC1CCN(CC(O)CN2c3ccccc3Sc3ccc(C(F)(F)F)cc32)CC1. The van der Waals surface area contributed by atoms with Gasteiger partial charge in [-0.25, -0.2) is 4.79 Å². The first kappa shape index (κ1) is 23.7. The molecule has 2 aliphatic heterocycles. The maximum Gasteiger partial charge on any atom is 0.416 e. The Morgan fingerprint density at radius 2 is 1.82 bits per heavy atom. The molecule has 0 saturated carbocycles. The number of hydrogen-bond donors (Lipinski definition) is 3. The summed E-state index contributed by atoms with van der Waals surface area (Å²) in [6.07, 6.45) is -3.42. The molecule has 0 spiro atoms. The van der Waals surface area contributed by atoms with Gasteiger partial charge >= 0.3 is 12.2 Å². The molecule has 1 saturated heterocycles. The number of carbonyl (C=O) groups is 1. The van der Waals surface area contributed by atoms with E-state index in [0.717, 1.165) is 47.5 Å². The van der Waals surface area contributed by atoms with E-state index in [1.54, 1.807) is 4.90 Å². The van der Waals surface area contributed by atoms with Crippen molar-refractivity contribution < 1.29 is 23.1 Å². The minimum Gasteiger partial charge on any atom is -0.390 e. The number of β-amino-alcohol motifs (C(OH)–C–C–N with tert-alkyl or cyclic N) is 1. The van der Waals surface area contributed by atoms with E-state index in [9.17, 15) is 23.1 Å². The topological polar surface area (TPSA) is 81.8 Å². The summed E-state index contributed by atoms with van der Waals surface area (Å²) in [4.78, 5) is 16.5. The van der Waals surface area contributed by atoms with E-state index in [0.29, 0.717) is 24.7 Å². The first-order chi connectivity index (χ1) is 15.7. The molecule has 2 amide bonds. The number of aliphatic hydroxyl groups excluding tert-OH is 1. The number of nitrogens with zero attached hydrogens (tertiary/aromatic N) is 2. The van der Waals surface area contributed by atoms with Crippen LogP contribution in [0.25, 0.3) is 0 Å². The molecule has 2 aromatic carbocycles. The zero-order chi connectivity index (χ0) is 23.6. The number of amides is 2. The third-order valence-electron chi connectivity index (χ3n) is 6.09. The van der Waals surface area contributed by atoms with Crippen molar-refractivity contribution in [3.05, 3.63) is 48.0 Å². The molecule has 0 aliphatic carbocycles. The van der Waals surface area contributed by atoms with Crippen LogP contribution in [-0.2, 0) is 6.18 Å². The second kappa shape index (κ2) is 9.82. The monoisotopic (exact) mass is 480 g/mol. The van der Waals surface area contributed by atoms with Crippen LogP contribution in [0.2, 0.25) is 0 Å². The number of likely N-dealkylation sites (tertiary alicyclic amines) is 1. The second-order valence-corrected chi connectivity index (χ2v) is 9.59. The van der Waals surface area contributed by atoms with Crippen LogP contribution in [0.3, 0.4) is 0 Å². The summed E-state index contributed by atoms with van der Waals surface area (Å²) in [5.41, 5.74) is 5.69. The molecule has 0 aromatic heterocycles. The number of primary amides is 1. The number of nitrogens with one attached hydrogen (secondary N) is 1. The molecule has 10 heteroatoms. The van der Waals surface area contributed by atoms with Crippen molar-refractivity contribution in [3.63, 3.8) is 0 Å². The quantitative estimate of drug-likeness (QED) is 0.581. The summed E-state index contributed by atoms with van der Waals surface area (Å²) in [5.74, 6) is 0.351. The largest absolute Gasteiger partial charge is 0.416 e. The van der Waals surface area contributed by atoms with Gasteiger partial charge in [0, 0.05) is 22.9 Å². The fourth-order valence-electron chi connectivity index (χ4n) is 4.39. The highest BCUT2D eigenvalue weighted by atomic mass is 32.2. The number of alkyl halides is 3. The molecule has 0 radical (unpaired) electrons. The van der Waals surface area contributed by atoms with Crippen molar-refractivity contribution in [3.8, 4) is 0 Å². The maximum absolute atomic E-state index is 13.4. The molecule has 4 rings (SSSR count). The number of nitrogens with two attached hydrogens (primary N) is 1. The summed E-state index contributed by atoms with van der Waals surface area (Å²) in [7, 11) is 0. The van der Waals surface area contributed by atoms with E-state index in [2.05, 4.69) is 10.2 Å². The normalized spacial score (nSPS) is 17.9. The van der Waals surface area contributed by atoms with Crippen LogP contribution in [0.1, 0.15) is 18.4 Å². The van der Waals surface area contributed by atoms with Crippen LogP contribution < -0.4 is 16.0 Å². The van der Waals surface area contributed by atoms with Crippen LogP contribution in [-0.4, -0.2) is 54.9 Å². The smallest absolute Gasteiger partial charge is 0.390 e. The Morgan fingerprint density at radius 1 is 1.12 bits per heavy atom. The number of rotatable bonds is 6. The van der Waals surface area contributed by atoms with Crippen LogP contribution in [0.5, 0.6) is 0 Å². The molecular formula is C23H27F3N4O2S. The Kier molecular flexibility index (Phi) is 7.06. The van der Waals surface area contributed by atoms with Crippen LogP contribution in [0.4, 0.5) is 29.3 Å². The Labute approximate surface area is 194 Å². The lowest BCUT2D eigenvalue weighted by atomic mass is 9.96. The number of halogens is 3. The van der Waals surface area contributed by atoms with Gasteiger partial charge in [-0.3, -0.25) is 0 Å². The highest BCUT2D eigenvalue weighted by Gasteiger charge is 2.34. The average Bonchev–Trinajstić information content (AvgIpc) is 2.77. The predicted molar refractivity (Wildman–Crippen MR) is 122 cm³/mol. The molecule has 33 heavy (non-hydrogen) atoms. The fourth-order valence-corrected chi connectivity index (χ4v) is 5.46. The van der Waals surface area contributed by atoms with Gasteiger partial charge < -0.3 is 26.0 Å². The number of carbonyl (C=O) groups excluding carboxylic acids is 1. The molecular weight excluding hydrogens is 453 g/mol. The van der Waals surface area contributed by atoms with Gasteiger partial charge in [0.2, 0.25) is 0 Å². The lowest BCUT2D eigenvalue weighted by Crippen LogP contribution is -2.44. The van der Waals surface area contributed by atoms with Gasteiger partial charge in [0.1, 0.15) is 0 Å². The number of urea groups is 1. The third kappa shape index (κ3) is 5.74. The van der Waals surface area contributed by atoms with E-state index >= 15 is 0 Å². The van der Waals surface area contributed by atoms with Crippen molar-refractivity contribution in [1.29, 1.82) is 0 Å². The summed E-state index contributed by atoms with van der Waals surface area (Å²) in [6, 6.07) is 10.8. The van der Waals surface area contributed by atoms with Gasteiger partial charge in [0.25, 0.3) is 0 Å². The first-order valence-corrected chi connectivity index (χ1v) is 11.7. The van der Waals surface area contributed by atoms with Gasteiger partial charge in [0.05, 0.1) is 29.6 Å². The zero-order valence-electron chi connectivity index (χ0n) is 18.0. The Hall–Kier alpha value is -2.43. The van der Waals surface area contributed by atoms with E-state index in [1.807, 2.05) is 24.3 Å². The van der Waals surface area contributed by atoms with Crippen LogP contribution in [0, 0.1) is 5.92 Å². The molecule has 1 atom stereocenters. The molecule has 178 valence electrons. The highest BCUT2D eigenvalue weighted by Crippen LogP contribution is 2.49. The van der Waals surface area contributed by atoms with Gasteiger partial charge in [0.15, 0.2) is 0 Å². The Morgan fingerprint density at radius 3 is 2.52 bits per heavy atom. The first-order valence-electron chi connectivity index (χ1n) is 10.9. The van der Waals surface area contributed by atoms with Crippen molar-refractivity contribution >= 4 is 29.2 Å².